The minimum Gasteiger partial charge on any atom is -0.463 e. The highest BCUT2D eigenvalue weighted by atomic mass is 16.5. The predicted molar refractivity (Wildman–Crippen MR) is 107 cm³/mol. The molecule has 0 atom stereocenters. The van der Waals surface area contributed by atoms with Crippen molar-refractivity contribution < 1.29 is 14.3 Å². The number of ether oxygens (including phenoxy) is 1. The quantitative estimate of drug-likeness (QED) is 0.527. The number of benzene rings is 2. The molecule has 0 bridgehead atoms. The maximum absolute atomic E-state index is 12.4. The highest BCUT2D eigenvalue weighted by molar-refractivity contribution is 5.92. The van der Waals surface area contributed by atoms with Crippen LogP contribution in [0.15, 0.2) is 65.6 Å². The first kappa shape index (κ1) is 19.0. The van der Waals surface area contributed by atoms with Crippen LogP contribution in [0.4, 0.5) is 5.69 Å². The molecule has 0 aliphatic heterocycles. The Labute approximate surface area is 161 Å². The van der Waals surface area contributed by atoms with Gasteiger partial charge in [0.15, 0.2) is 0 Å². The van der Waals surface area contributed by atoms with E-state index in [4.69, 9.17) is 4.74 Å². The van der Waals surface area contributed by atoms with E-state index in [1.165, 1.54) is 16.8 Å². The average Bonchev–Trinajstić information content (AvgIpc) is 2.70. The first-order valence-electron chi connectivity index (χ1n) is 8.76. The van der Waals surface area contributed by atoms with Crippen molar-refractivity contribution in [3.63, 3.8) is 0 Å². The maximum atomic E-state index is 12.4. The van der Waals surface area contributed by atoms with Gasteiger partial charge in [0.1, 0.15) is 6.54 Å². The molecule has 0 saturated carbocycles. The summed E-state index contributed by atoms with van der Waals surface area (Å²) >= 11 is 0. The van der Waals surface area contributed by atoms with Gasteiger partial charge in [0.25, 0.3) is 5.56 Å². The molecule has 0 unspecified atom stereocenters. The molecule has 0 radical (unpaired) electrons. The van der Waals surface area contributed by atoms with E-state index in [2.05, 4.69) is 10.3 Å². The van der Waals surface area contributed by atoms with Crippen molar-refractivity contribution in [2.75, 3.05) is 11.9 Å². The molecule has 1 N–H and O–H groups in total. The lowest BCUT2D eigenvalue weighted by Gasteiger charge is -2.10. The minimum absolute atomic E-state index is 0.119. The van der Waals surface area contributed by atoms with Gasteiger partial charge in [-0.2, -0.15) is 0 Å². The zero-order chi connectivity index (χ0) is 19.9. The van der Waals surface area contributed by atoms with Gasteiger partial charge in [-0.15, -0.1) is 0 Å². The van der Waals surface area contributed by atoms with Crippen LogP contribution in [0.1, 0.15) is 12.5 Å². The van der Waals surface area contributed by atoms with Crippen molar-refractivity contribution in [2.24, 2.45) is 0 Å². The van der Waals surface area contributed by atoms with E-state index in [0.717, 1.165) is 5.56 Å². The van der Waals surface area contributed by atoms with Crippen molar-refractivity contribution in [1.29, 1.82) is 0 Å². The standard InChI is InChI=1S/C21H19N3O4/c1-2-28-21(27)12-9-15-7-10-16(11-8-15)23-19(25)14-24-18-6-4-3-5-17(18)22-13-20(24)26/h3-13H,2,14H2,1H3,(H,23,25)/b12-9+. The summed E-state index contributed by atoms with van der Waals surface area (Å²) < 4.78 is 6.20. The summed E-state index contributed by atoms with van der Waals surface area (Å²) in [4.78, 5) is 39.9. The summed E-state index contributed by atoms with van der Waals surface area (Å²) in [6, 6.07) is 14.1. The molecule has 7 nitrogen and oxygen atoms in total. The fraction of sp³-hybridized carbons (Fsp3) is 0.143. The van der Waals surface area contributed by atoms with E-state index in [1.54, 1.807) is 55.5 Å². The third kappa shape index (κ3) is 4.70. The molecule has 2 aromatic carbocycles. The van der Waals surface area contributed by atoms with Crippen LogP contribution >= 0.6 is 0 Å². The van der Waals surface area contributed by atoms with Crippen LogP contribution in [0.5, 0.6) is 0 Å². The van der Waals surface area contributed by atoms with Gasteiger partial charge in [0.05, 0.1) is 23.8 Å². The lowest BCUT2D eigenvalue weighted by atomic mass is 10.2. The van der Waals surface area contributed by atoms with Gasteiger partial charge in [0, 0.05) is 11.8 Å². The predicted octanol–water partition coefficient (Wildman–Crippen LogP) is 2.61. The first-order chi connectivity index (χ1) is 13.6. The number of rotatable bonds is 6. The number of carbonyl (C=O) groups is 2. The molecule has 0 aliphatic rings. The van der Waals surface area contributed by atoms with Crippen molar-refractivity contribution in [1.82, 2.24) is 9.55 Å². The normalized spacial score (nSPS) is 10.9. The Morgan fingerprint density at radius 2 is 1.89 bits per heavy atom. The van der Waals surface area contributed by atoms with Crippen LogP contribution in [0, 0.1) is 0 Å². The summed E-state index contributed by atoms with van der Waals surface area (Å²) in [5.41, 5.74) is 2.29. The zero-order valence-corrected chi connectivity index (χ0v) is 15.3. The first-order valence-corrected chi connectivity index (χ1v) is 8.76. The van der Waals surface area contributed by atoms with Crippen LogP contribution < -0.4 is 10.9 Å². The fourth-order valence-corrected chi connectivity index (χ4v) is 2.65. The van der Waals surface area contributed by atoms with Crippen molar-refractivity contribution in [3.8, 4) is 0 Å². The molecular weight excluding hydrogens is 358 g/mol. The summed E-state index contributed by atoms with van der Waals surface area (Å²) in [7, 11) is 0. The second kappa shape index (κ2) is 8.77. The number of anilines is 1. The molecule has 1 heterocycles. The summed E-state index contributed by atoms with van der Waals surface area (Å²) in [6.45, 7) is 1.95. The molecule has 0 fully saturated rings. The second-order valence-corrected chi connectivity index (χ2v) is 5.93. The maximum Gasteiger partial charge on any atom is 0.330 e. The highest BCUT2D eigenvalue weighted by Crippen LogP contribution is 2.12. The zero-order valence-electron chi connectivity index (χ0n) is 15.3. The van der Waals surface area contributed by atoms with E-state index in [-0.39, 0.29) is 18.0 Å². The largest absolute Gasteiger partial charge is 0.463 e. The molecule has 0 aliphatic carbocycles. The molecule has 28 heavy (non-hydrogen) atoms. The fourth-order valence-electron chi connectivity index (χ4n) is 2.65. The monoisotopic (exact) mass is 377 g/mol. The summed E-state index contributed by atoms with van der Waals surface area (Å²) in [6.07, 6.45) is 4.19. The summed E-state index contributed by atoms with van der Waals surface area (Å²) in [5, 5.41) is 2.76. The van der Waals surface area contributed by atoms with Gasteiger partial charge in [0.2, 0.25) is 5.91 Å². The molecule has 3 rings (SSSR count). The Balaban J connectivity index is 1.68. The molecule has 0 spiro atoms. The average molecular weight is 377 g/mol. The SMILES string of the molecule is CCOC(=O)/C=C/c1ccc(NC(=O)Cn2c(=O)cnc3ccccc32)cc1. The molecule has 142 valence electrons. The van der Waals surface area contributed by atoms with Gasteiger partial charge >= 0.3 is 5.97 Å². The Morgan fingerprint density at radius 3 is 2.64 bits per heavy atom. The molecule has 1 amide bonds. The van der Waals surface area contributed by atoms with E-state index in [0.29, 0.717) is 23.3 Å². The number of carbonyl (C=O) groups excluding carboxylic acids is 2. The smallest absolute Gasteiger partial charge is 0.330 e. The van der Waals surface area contributed by atoms with E-state index >= 15 is 0 Å². The minimum atomic E-state index is -0.408. The highest BCUT2D eigenvalue weighted by Gasteiger charge is 2.09. The van der Waals surface area contributed by atoms with E-state index in [1.807, 2.05) is 6.07 Å². The molecule has 0 saturated heterocycles. The Kier molecular flexibility index (Phi) is 5.96. The Morgan fingerprint density at radius 1 is 1.14 bits per heavy atom. The molecular formula is C21H19N3O4. The number of fused-ring (bicyclic) bond motifs is 1. The van der Waals surface area contributed by atoms with Gasteiger partial charge in [-0.05, 0) is 42.8 Å². The van der Waals surface area contributed by atoms with Gasteiger partial charge < -0.3 is 10.1 Å². The number of hydrogen-bond acceptors (Lipinski definition) is 5. The van der Waals surface area contributed by atoms with Crippen molar-refractivity contribution in [3.05, 3.63) is 76.7 Å². The van der Waals surface area contributed by atoms with E-state index in [9.17, 15) is 14.4 Å². The number of amides is 1. The van der Waals surface area contributed by atoms with Crippen LogP contribution in [0.25, 0.3) is 17.1 Å². The van der Waals surface area contributed by atoms with Gasteiger partial charge in [-0.25, -0.2) is 9.78 Å². The van der Waals surface area contributed by atoms with Crippen molar-refractivity contribution in [2.45, 2.75) is 13.5 Å². The molecule has 7 heteroatoms. The van der Waals surface area contributed by atoms with Crippen LogP contribution in [0.2, 0.25) is 0 Å². The number of aromatic nitrogens is 2. The lowest BCUT2D eigenvalue weighted by molar-refractivity contribution is -0.137. The van der Waals surface area contributed by atoms with Crippen LogP contribution in [-0.2, 0) is 20.9 Å². The van der Waals surface area contributed by atoms with Crippen molar-refractivity contribution >= 4 is 34.7 Å². The Hall–Kier alpha value is -3.74. The van der Waals surface area contributed by atoms with Crippen LogP contribution in [0.3, 0.4) is 0 Å². The third-order valence-electron chi connectivity index (χ3n) is 3.95. The van der Waals surface area contributed by atoms with Gasteiger partial charge in [-0.1, -0.05) is 24.3 Å². The number of esters is 1. The Bertz CT molecular complexity index is 1080. The lowest BCUT2D eigenvalue weighted by Crippen LogP contribution is -2.27. The second-order valence-electron chi connectivity index (χ2n) is 5.93. The third-order valence-corrected chi connectivity index (χ3v) is 3.95. The van der Waals surface area contributed by atoms with E-state index < -0.39 is 5.97 Å². The number of nitrogens with zero attached hydrogens (tertiary/aromatic N) is 2. The number of hydrogen-bond donors (Lipinski definition) is 1. The van der Waals surface area contributed by atoms with Gasteiger partial charge in [-0.3, -0.25) is 14.2 Å². The topological polar surface area (TPSA) is 90.3 Å². The molecule has 1 aromatic heterocycles. The number of nitrogens with one attached hydrogen (secondary N) is 1. The van der Waals surface area contributed by atoms with Crippen LogP contribution in [-0.4, -0.2) is 28.0 Å². The summed E-state index contributed by atoms with van der Waals surface area (Å²) in [5.74, 6) is -0.733. The number of para-hydroxylation sites is 2. The molecule has 3 aromatic rings.